The molecule has 0 radical (unpaired) electrons. The second-order valence-electron chi connectivity index (χ2n) is 10.1. The number of nitrogens with zero attached hydrogens (tertiary/aromatic N) is 1. The van der Waals surface area contributed by atoms with Crippen LogP contribution in [0.2, 0.25) is 0 Å². The molecule has 0 unspecified atom stereocenters. The number of hydrogen-bond donors (Lipinski definition) is 2. The maximum Gasteiger partial charge on any atom is 0.116 e. The number of hydrogen-bond acceptors (Lipinski definition) is 3. The van der Waals surface area contributed by atoms with Crippen molar-refractivity contribution in [2.45, 2.75) is 90.4 Å². The maximum absolute atomic E-state index is 10.1. The predicted octanol–water partition coefficient (Wildman–Crippen LogP) is 8.20. The zero-order valence-electron chi connectivity index (χ0n) is 21.5. The maximum atomic E-state index is 10.1. The second kappa shape index (κ2) is 14.2. The molecule has 0 aliphatic heterocycles. The van der Waals surface area contributed by atoms with Crippen LogP contribution in [0.4, 0.5) is 0 Å². The molecule has 3 heteroatoms. The topological polar surface area (TPSA) is 43.7 Å². The Bertz CT molecular complexity index is 917. The van der Waals surface area contributed by atoms with Crippen LogP contribution in [0, 0.1) is 0 Å². The Kier molecular flexibility index (Phi) is 11.0. The number of unbranched alkanes of at least 4 members (excludes halogenated alkanes) is 7. The smallest absolute Gasteiger partial charge is 0.116 e. The summed E-state index contributed by atoms with van der Waals surface area (Å²) >= 11 is 0. The standard InChI is InChI=1S/C31H45NO2/c1-3-4-5-7-10-21-32(2)22-11-8-6-9-17-31-29(25-14-12-16-27(33)23-25)18-13-15-26-24-28(34)19-20-30(26)31/h12,14,16,19-20,23-24,33-34H,3-11,13,15,17-18,21-22H2,1-2H3. The normalized spacial score (nSPS) is 13.9. The minimum Gasteiger partial charge on any atom is -0.508 e. The highest BCUT2D eigenvalue weighted by Gasteiger charge is 2.19. The van der Waals surface area contributed by atoms with Gasteiger partial charge >= 0.3 is 0 Å². The van der Waals surface area contributed by atoms with Crippen molar-refractivity contribution in [3.63, 3.8) is 0 Å². The molecule has 0 saturated heterocycles. The lowest BCUT2D eigenvalue weighted by Crippen LogP contribution is -2.20. The van der Waals surface area contributed by atoms with Crippen LogP contribution in [0.25, 0.3) is 11.1 Å². The SMILES string of the molecule is CCCCCCCN(C)CCCCCCC1=C(c2cccc(O)c2)CCCc2cc(O)ccc21. The molecule has 0 aromatic heterocycles. The molecule has 2 N–H and O–H groups in total. The summed E-state index contributed by atoms with van der Waals surface area (Å²) in [6.07, 6.45) is 15.9. The van der Waals surface area contributed by atoms with Gasteiger partial charge in [0, 0.05) is 0 Å². The molecule has 0 atom stereocenters. The van der Waals surface area contributed by atoms with Crippen LogP contribution in [0.15, 0.2) is 42.5 Å². The van der Waals surface area contributed by atoms with Gasteiger partial charge in [-0.1, -0.05) is 63.6 Å². The molecular formula is C31H45NO2. The molecule has 0 bridgehead atoms. The van der Waals surface area contributed by atoms with Gasteiger partial charge in [-0.2, -0.15) is 0 Å². The van der Waals surface area contributed by atoms with Gasteiger partial charge in [-0.3, -0.25) is 0 Å². The first-order chi connectivity index (χ1) is 16.6. The van der Waals surface area contributed by atoms with E-state index in [1.54, 1.807) is 6.07 Å². The van der Waals surface area contributed by atoms with E-state index < -0.39 is 0 Å². The average Bonchev–Trinajstić information content (AvgIpc) is 3.00. The van der Waals surface area contributed by atoms with Crippen molar-refractivity contribution in [3.8, 4) is 11.5 Å². The van der Waals surface area contributed by atoms with Crippen molar-refractivity contribution in [1.82, 2.24) is 4.90 Å². The van der Waals surface area contributed by atoms with Gasteiger partial charge in [0.1, 0.15) is 11.5 Å². The molecule has 186 valence electrons. The largest absolute Gasteiger partial charge is 0.508 e. The van der Waals surface area contributed by atoms with Gasteiger partial charge in [0.15, 0.2) is 0 Å². The fraction of sp³-hybridized carbons (Fsp3) is 0.548. The van der Waals surface area contributed by atoms with E-state index in [2.05, 4.69) is 31.0 Å². The van der Waals surface area contributed by atoms with Crippen LogP contribution < -0.4 is 0 Å². The Balaban J connectivity index is 1.56. The zero-order chi connectivity index (χ0) is 24.2. The van der Waals surface area contributed by atoms with Gasteiger partial charge < -0.3 is 15.1 Å². The summed E-state index contributed by atoms with van der Waals surface area (Å²) in [6, 6.07) is 13.6. The van der Waals surface area contributed by atoms with Crippen LogP contribution in [-0.4, -0.2) is 35.3 Å². The lowest BCUT2D eigenvalue weighted by molar-refractivity contribution is 0.315. The molecule has 0 amide bonds. The lowest BCUT2D eigenvalue weighted by atomic mass is 9.89. The molecule has 0 saturated carbocycles. The van der Waals surface area contributed by atoms with Crippen LogP contribution in [0.5, 0.6) is 11.5 Å². The minimum atomic E-state index is 0.328. The van der Waals surface area contributed by atoms with Crippen LogP contribution in [0.1, 0.15) is 101 Å². The van der Waals surface area contributed by atoms with E-state index in [0.717, 1.165) is 31.2 Å². The number of fused-ring (bicyclic) bond motifs is 1. The number of aryl methyl sites for hydroxylation is 1. The fourth-order valence-electron chi connectivity index (χ4n) is 5.28. The summed E-state index contributed by atoms with van der Waals surface area (Å²) in [5.41, 5.74) is 6.45. The summed E-state index contributed by atoms with van der Waals surface area (Å²) in [5.74, 6) is 0.683. The first kappa shape index (κ1) is 26.3. The van der Waals surface area contributed by atoms with Gasteiger partial charge in [0.25, 0.3) is 0 Å². The quantitative estimate of drug-likeness (QED) is 0.277. The highest BCUT2D eigenvalue weighted by Crippen LogP contribution is 2.40. The predicted molar refractivity (Wildman–Crippen MR) is 145 cm³/mol. The van der Waals surface area contributed by atoms with E-state index in [-0.39, 0.29) is 0 Å². The molecule has 2 aromatic rings. The second-order valence-corrected chi connectivity index (χ2v) is 10.1. The fourth-order valence-corrected chi connectivity index (χ4v) is 5.28. The Morgan fingerprint density at radius 1 is 0.765 bits per heavy atom. The third kappa shape index (κ3) is 8.20. The molecule has 1 aliphatic rings. The molecule has 1 aliphatic carbocycles. The van der Waals surface area contributed by atoms with Crippen LogP contribution in [-0.2, 0) is 6.42 Å². The highest BCUT2D eigenvalue weighted by atomic mass is 16.3. The first-order valence-corrected chi connectivity index (χ1v) is 13.6. The lowest BCUT2D eigenvalue weighted by Gasteiger charge is -2.17. The van der Waals surface area contributed by atoms with E-state index in [1.807, 2.05) is 24.3 Å². The number of allylic oxidation sites excluding steroid dienone is 2. The molecule has 0 fully saturated rings. The summed E-state index contributed by atoms with van der Waals surface area (Å²) in [7, 11) is 2.27. The van der Waals surface area contributed by atoms with Gasteiger partial charge in [0.05, 0.1) is 0 Å². The number of benzene rings is 2. The average molecular weight is 464 g/mol. The molecule has 34 heavy (non-hydrogen) atoms. The van der Waals surface area contributed by atoms with Crippen molar-refractivity contribution in [2.24, 2.45) is 0 Å². The Morgan fingerprint density at radius 3 is 2.21 bits per heavy atom. The van der Waals surface area contributed by atoms with Crippen molar-refractivity contribution in [3.05, 3.63) is 59.2 Å². The van der Waals surface area contributed by atoms with Crippen molar-refractivity contribution >= 4 is 11.1 Å². The van der Waals surface area contributed by atoms with Gasteiger partial charge in [-0.05, 0) is 117 Å². The zero-order valence-corrected chi connectivity index (χ0v) is 21.5. The number of rotatable bonds is 14. The molecule has 3 rings (SSSR count). The van der Waals surface area contributed by atoms with E-state index in [0.29, 0.717) is 11.5 Å². The Morgan fingerprint density at radius 2 is 1.47 bits per heavy atom. The summed E-state index contributed by atoms with van der Waals surface area (Å²) in [5, 5.41) is 20.1. The van der Waals surface area contributed by atoms with E-state index in [9.17, 15) is 10.2 Å². The van der Waals surface area contributed by atoms with Gasteiger partial charge in [-0.15, -0.1) is 0 Å². The third-order valence-electron chi connectivity index (χ3n) is 7.21. The number of aromatic hydroxyl groups is 2. The Labute approximate surface area is 207 Å². The summed E-state index contributed by atoms with van der Waals surface area (Å²) in [6.45, 7) is 4.70. The van der Waals surface area contributed by atoms with Gasteiger partial charge in [0.2, 0.25) is 0 Å². The summed E-state index contributed by atoms with van der Waals surface area (Å²) in [4.78, 5) is 2.50. The minimum absolute atomic E-state index is 0.328. The molecule has 3 nitrogen and oxygen atoms in total. The van der Waals surface area contributed by atoms with E-state index in [4.69, 9.17) is 0 Å². The molecule has 0 heterocycles. The number of phenolic OH excluding ortho intramolecular Hbond substituents is 2. The first-order valence-electron chi connectivity index (χ1n) is 13.6. The van der Waals surface area contributed by atoms with Crippen LogP contribution in [0.3, 0.4) is 0 Å². The number of phenols is 2. The van der Waals surface area contributed by atoms with E-state index >= 15 is 0 Å². The van der Waals surface area contributed by atoms with Crippen molar-refractivity contribution in [2.75, 3.05) is 20.1 Å². The summed E-state index contributed by atoms with van der Waals surface area (Å²) < 4.78 is 0. The van der Waals surface area contributed by atoms with Crippen LogP contribution >= 0.6 is 0 Å². The molecule has 2 aromatic carbocycles. The van der Waals surface area contributed by atoms with Crippen molar-refractivity contribution < 1.29 is 10.2 Å². The Hall–Kier alpha value is -2.26. The third-order valence-corrected chi connectivity index (χ3v) is 7.21. The van der Waals surface area contributed by atoms with E-state index in [1.165, 1.54) is 93.2 Å². The highest BCUT2D eigenvalue weighted by molar-refractivity contribution is 5.92. The molecule has 0 spiro atoms. The van der Waals surface area contributed by atoms with Crippen molar-refractivity contribution in [1.29, 1.82) is 0 Å². The van der Waals surface area contributed by atoms with Gasteiger partial charge in [-0.25, -0.2) is 0 Å². The molecular weight excluding hydrogens is 418 g/mol. The monoisotopic (exact) mass is 463 g/mol.